The number of carbonyl (C=O) groups is 2. The smallest absolute Gasteiger partial charge is 0.337 e. The van der Waals surface area contributed by atoms with Crippen molar-refractivity contribution in [3.8, 4) is 0 Å². The maximum Gasteiger partial charge on any atom is 0.337 e. The zero-order valence-corrected chi connectivity index (χ0v) is 12.4. The van der Waals surface area contributed by atoms with E-state index in [0.717, 1.165) is 0 Å². The third-order valence-corrected chi connectivity index (χ3v) is 3.50. The molecular weight excluding hydrogens is 346 g/mol. The Morgan fingerprint density at radius 2 is 1.75 bits per heavy atom. The van der Waals surface area contributed by atoms with E-state index in [1.165, 1.54) is 6.07 Å². The highest BCUT2D eigenvalue weighted by Crippen LogP contribution is 2.27. The molecule has 2 N–H and O–H groups in total. The number of nitrogens with one attached hydrogen (secondary N) is 1. The SMILES string of the molecule is O=C(Nc1c(Br)cccc1C(=O)O)c1ccc(Cl)cc1. The van der Waals surface area contributed by atoms with Crippen LogP contribution in [0.4, 0.5) is 5.69 Å². The van der Waals surface area contributed by atoms with Gasteiger partial charge in [0.25, 0.3) is 5.91 Å². The highest BCUT2D eigenvalue weighted by Gasteiger charge is 2.16. The zero-order valence-electron chi connectivity index (χ0n) is 10.1. The number of hydrogen-bond donors (Lipinski definition) is 2. The van der Waals surface area contributed by atoms with Gasteiger partial charge in [0.05, 0.1) is 11.3 Å². The molecule has 0 bridgehead atoms. The first-order chi connectivity index (χ1) is 9.49. The minimum absolute atomic E-state index is 0.0155. The summed E-state index contributed by atoms with van der Waals surface area (Å²) >= 11 is 8.98. The van der Waals surface area contributed by atoms with Crippen molar-refractivity contribution in [2.75, 3.05) is 5.32 Å². The summed E-state index contributed by atoms with van der Waals surface area (Å²) in [6.45, 7) is 0. The van der Waals surface area contributed by atoms with Crippen LogP contribution in [-0.4, -0.2) is 17.0 Å². The highest BCUT2D eigenvalue weighted by atomic mass is 79.9. The molecule has 4 nitrogen and oxygen atoms in total. The molecule has 0 aliphatic heterocycles. The number of rotatable bonds is 3. The number of aromatic carboxylic acids is 1. The van der Waals surface area contributed by atoms with Crippen molar-refractivity contribution >= 4 is 45.1 Å². The second-order valence-corrected chi connectivity index (χ2v) is 5.22. The molecule has 0 aliphatic rings. The number of halogens is 2. The molecule has 20 heavy (non-hydrogen) atoms. The number of benzene rings is 2. The van der Waals surface area contributed by atoms with Crippen LogP contribution in [0, 0.1) is 0 Å². The van der Waals surface area contributed by atoms with Gasteiger partial charge in [0.15, 0.2) is 0 Å². The lowest BCUT2D eigenvalue weighted by atomic mass is 10.1. The lowest BCUT2D eigenvalue weighted by Crippen LogP contribution is -2.15. The molecule has 0 atom stereocenters. The number of carboxylic acid groups (broad SMARTS) is 1. The van der Waals surface area contributed by atoms with Gasteiger partial charge in [-0.3, -0.25) is 4.79 Å². The zero-order chi connectivity index (χ0) is 14.7. The molecule has 0 heterocycles. The molecule has 0 unspecified atom stereocenters. The van der Waals surface area contributed by atoms with E-state index < -0.39 is 11.9 Å². The average molecular weight is 355 g/mol. The molecule has 0 saturated heterocycles. The first-order valence-electron chi connectivity index (χ1n) is 5.58. The fraction of sp³-hybridized carbons (Fsp3) is 0. The van der Waals surface area contributed by atoms with Gasteiger partial charge in [-0.1, -0.05) is 17.7 Å². The molecule has 0 radical (unpaired) electrons. The predicted molar refractivity (Wildman–Crippen MR) is 80.5 cm³/mol. The van der Waals surface area contributed by atoms with Gasteiger partial charge in [0, 0.05) is 15.1 Å². The standard InChI is InChI=1S/C14H9BrClNO3/c15-11-3-1-2-10(14(19)20)12(11)17-13(18)8-4-6-9(16)7-5-8/h1-7H,(H,17,18)(H,19,20). The van der Waals surface area contributed by atoms with Crippen LogP contribution in [0.15, 0.2) is 46.9 Å². The summed E-state index contributed by atoms with van der Waals surface area (Å²) in [7, 11) is 0. The Bertz CT molecular complexity index is 671. The number of carboxylic acids is 1. The van der Waals surface area contributed by atoms with Gasteiger partial charge in [0.1, 0.15) is 0 Å². The summed E-state index contributed by atoms with van der Waals surface area (Å²) in [5, 5.41) is 12.2. The van der Waals surface area contributed by atoms with Crippen LogP contribution >= 0.6 is 27.5 Å². The molecule has 6 heteroatoms. The molecule has 0 aromatic heterocycles. The Morgan fingerprint density at radius 3 is 2.35 bits per heavy atom. The minimum Gasteiger partial charge on any atom is -0.478 e. The van der Waals surface area contributed by atoms with Crippen LogP contribution in [-0.2, 0) is 0 Å². The summed E-state index contributed by atoms with van der Waals surface area (Å²) in [6, 6.07) is 11.0. The lowest BCUT2D eigenvalue weighted by molar-refractivity contribution is 0.0698. The third-order valence-electron chi connectivity index (χ3n) is 2.59. The van der Waals surface area contributed by atoms with Crippen molar-refractivity contribution in [2.24, 2.45) is 0 Å². The molecule has 0 fully saturated rings. The van der Waals surface area contributed by atoms with Crippen LogP contribution in [0.3, 0.4) is 0 Å². The van der Waals surface area contributed by atoms with Gasteiger partial charge < -0.3 is 10.4 Å². The van der Waals surface area contributed by atoms with Crippen molar-refractivity contribution in [2.45, 2.75) is 0 Å². The van der Waals surface area contributed by atoms with E-state index in [2.05, 4.69) is 21.2 Å². The maximum absolute atomic E-state index is 12.1. The topological polar surface area (TPSA) is 66.4 Å². The van der Waals surface area contributed by atoms with Gasteiger partial charge in [0.2, 0.25) is 0 Å². The minimum atomic E-state index is -1.11. The Balaban J connectivity index is 2.32. The Kier molecular flexibility index (Phi) is 4.42. The van der Waals surface area contributed by atoms with E-state index in [0.29, 0.717) is 15.1 Å². The van der Waals surface area contributed by atoms with E-state index in [1.54, 1.807) is 36.4 Å². The van der Waals surface area contributed by atoms with Crippen molar-refractivity contribution in [3.05, 3.63) is 63.1 Å². The van der Waals surface area contributed by atoms with Crippen LogP contribution in [0.1, 0.15) is 20.7 Å². The van der Waals surface area contributed by atoms with Crippen LogP contribution in [0.25, 0.3) is 0 Å². The second-order valence-electron chi connectivity index (χ2n) is 3.93. The number of amides is 1. The molecule has 0 aliphatic carbocycles. The second kappa shape index (κ2) is 6.07. The summed E-state index contributed by atoms with van der Waals surface area (Å²) < 4.78 is 0.500. The summed E-state index contributed by atoms with van der Waals surface area (Å²) in [5.74, 6) is -1.52. The molecule has 2 aromatic carbocycles. The number of anilines is 1. The lowest BCUT2D eigenvalue weighted by Gasteiger charge is -2.10. The van der Waals surface area contributed by atoms with Crippen LogP contribution < -0.4 is 5.32 Å². The summed E-state index contributed by atoms with van der Waals surface area (Å²) in [4.78, 5) is 23.2. The molecule has 0 saturated carbocycles. The largest absolute Gasteiger partial charge is 0.478 e. The van der Waals surface area contributed by atoms with Gasteiger partial charge in [-0.15, -0.1) is 0 Å². The van der Waals surface area contributed by atoms with E-state index in [9.17, 15) is 9.59 Å². The van der Waals surface area contributed by atoms with Gasteiger partial charge >= 0.3 is 5.97 Å². The van der Waals surface area contributed by atoms with Crippen molar-refractivity contribution in [3.63, 3.8) is 0 Å². The van der Waals surface area contributed by atoms with E-state index in [1.807, 2.05) is 0 Å². The number of hydrogen-bond acceptors (Lipinski definition) is 2. The molecular formula is C14H9BrClNO3. The quantitative estimate of drug-likeness (QED) is 0.874. The fourth-order valence-corrected chi connectivity index (χ4v) is 2.21. The number of para-hydroxylation sites is 1. The Morgan fingerprint density at radius 1 is 1.10 bits per heavy atom. The molecule has 2 rings (SSSR count). The number of carbonyl (C=O) groups excluding carboxylic acids is 1. The normalized spacial score (nSPS) is 10.1. The maximum atomic E-state index is 12.1. The monoisotopic (exact) mass is 353 g/mol. The molecule has 0 spiro atoms. The summed E-state index contributed by atoms with van der Waals surface area (Å²) in [6.07, 6.45) is 0. The third kappa shape index (κ3) is 3.18. The Labute approximate surface area is 128 Å². The van der Waals surface area contributed by atoms with Crippen molar-refractivity contribution in [1.29, 1.82) is 0 Å². The first-order valence-corrected chi connectivity index (χ1v) is 6.75. The Hall–Kier alpha value is -1.85. The van der Waals surface area contributed by atoms with Crippen molar-refractivity contribution in [1.82, 2.24) is 0 Å². The van der Waals surface area contributed by atoms with Crippen LogP contribution in [0.5, 0.6) is 0 Å². The van der Waals surface area contributed by atoms with Gasteiger partial charge in [-0.25, -0.2) is 4.79 Å². The average Bonchev–Trinajstić information content (AvgIpc) is 2.41. The van der Waals surface area contributed by atoms with E-state index in [4.69, 9.17) is 16.7 Å². The van der Waals surface area contributed by atoms with Crippen molar-refractivity contribution < 1.29 is 14.7 Å². The first kappa shape index (κ1) is 14.6. The molecule has 2 aromatic rings. The predicted octanol–water partition coefficient (Wildman–Crippen LogP) is 4.05. The van der Waals surface area contributed by atoms with E-state index in [-0.39, 0.29) is 11.3 Å². The van der Waals surface area contributed by atoms with E-state index >= 15 is 0 Å². The summed E-state index contributed by atoms with van der Waals surface area (Å²) in [5.41, 5.74) is 0.628. The molecule has 1 amide bonds. The van der Waals surface area contributed by atoms with Gasteiger partial charge in [-0.2, -0.15) is 0 Å². The molecule has 102 valence electrons. The highest BCUT2D eigenvalue weighted by molar-refractivity contribution is 9.10. The van der Waals surface area contributed by atoms with Gasteiger partial charge in [-0.05, 0) is 52.3 Å². The van der Waals surface area contributed by atoms with Crippen LogP contribution in [0.2, 0.25) is 5.02 Å². The fourth-order valence-electron chi connectivity index (χ4n) is 1.62.